The predicted octanol–water partition coefficient (Wildman–Crippen LogP) is 0.341. The maximum absolute atomic E-state index is 12.3. The fourth-order valence-corrected chi connectivity index (χ4v) is 2.40. The second-order valence-electron chi connectivity index (χ2n) is 5.02. The summed E-state index contributed by atoms with van der Waals surface area (Å²) in [4.78, 5) is 37.7. The van der Waals surface area contributed by atoms with E-state index in [-0.39, 0.29) is 17.7 Å². The summed E-state index contributed by atoms with van der Waals surface area (Å²) in [6, 6.07) is -1.43. The first-order chi connectivity index (χ1) is 8.81. The van der Waals surface area contributed by atoms with Gasteiger partial charge in [0.25, 0.3) is 0 Å². The van der Waals surface area contributed by atoms with Crippen LogP contribution in [0.2, 0.25) is 0 Å². The van der Waals surface area contributed by atoms with Gasteiger partial charge in [-0.25, -0.2) is 4.79 Å². The van der Waals surface area contributed by atoms with E-state index in [2.05, 4.69) is 6.58 Å². The smallest absolute Gasteiger partial charge is 0.326 e. The molecule has 0 spiro atoms. The molecule has 6 heteroatoms. The molecular formula is C13H20N2O4. The van der Waals surface area contributed by atoms with Crippen molar-refractivity contribution in [3.63, 3.8) is 0 Å². The van der Waals surface area contributed by atoms with Gasteiger partial charge in [0, 0.05) is 13.6 Å². The Kier molecular flexibility index (Phi) is 4.69. The summed E-state index contributed by atoms with van der Waals surface area (Å²) in [5.41, 5.74) is 0. The number of aliphatic carboxylic acids is 1. The molecule has 0 aromatic heterocycles. The summed E-state index contributed by atoms with van der Waals surface area (Å²) in [7, 11) is 1.53. The van der Waals surface area contributed by atoms with E-state index >= 15 is 0 Å². The highest BCUT2D eigenvalue weighted by atomic mass is 16.4. The first kappa shape index (κ1) is 15.2. The number of likely N-dealkylation sites (tertiary alicyclic amines) is 1. The quantitative estimate of drug-likeness (QED) is 0.729. The first-order valence-corrected chi connectivity index (χ1v) is 6.23. The largest absolute Gasteiger partial charge is 0.480 e. The molecule has 1 aliphatic heterocycles. The zero-order chi connectivity index (χ0) is 14.7. The van der Waals surface area contributed by atoms with E-state index in [1.165, 1.54) is 16.8 Å². The van der Waals surface area contributed by atoms with E-state index in [4.69, 9.17) is 0 Å². The SMILES string of the molecule is C=CC(=O)N(C)[C@@H]1CCN([C@H](C(=O)O)C(C)C)C1=O. The molecule has 1 N–H and O–H groups in total. The van der Waals surface area contributed by atoms with Crippen LogP contribution in [0.4, 0.5) is 0 Å². The van der Waals surface area contributed by atoms with E-state index in [9.17, 15) is 19.5 Å². The van der Waals surface area contributed by atoms with Gasteiger partial charge in [0.2, 0.25) is 11.8 Å². The van der Waals surface area contributed by atoms with E-state index < -0.39 is 18.1 Å². The summed E-state index contributed by atoms with van der Waals surface area (Å²) in [6.07, 6.45) is 1.60. The van der Waals surface area contributed by atoms with Crippen molar-refractivity contribution < 1.29 is 19.5 Å². The molecule has 0 aliphatic carbocycles. The number of carboxylic acids is 1. The number of hydrogen-bond acceptors (Lipinski definition) is 3. The number of carbonyl (C=O) groups is 3. The van der Waals surface area contributed by atoms with E-state index in [1.807, 2.05) is 0 Å². The standard InChI is InChI=1S/C13H20N2O4/c1-5-10(16)14(4)9-6-7-15(12(9)17)11(8(2)3)13(18)19/h5,8-9,11H,1,6-7H2,2-4H3,(H,18,19)/t9-,11+/m1/s1. The molecule has 2 amide bonds. The van der Waals surface area contributed by atoms with E-state index in [0.29, 0.717) is 13.0 Å². The van der Waals surface area contributed by atoms with Crippen molar-refractivity contribution in [2.24, 2.45) is 5.92 Å². The van der Waals surface area contributed by atoms with Gasteiger partial charge < -0.3 is 14.9 Å². The molecule has 0 aromatic carbocycles. The molecule has 1 heterocycles. The van der Waals surface area contributed by atoms with Gasteiger partial charge in [-0.2, -0.15) is 0 Å². The zero-order valence-corrected chi connectivity index (χ0v) is 11.5. The van der Waals surface area contributed by atoms with Crippen LogP contribution in [0.5, 0.6) is 0 Å². The van der Waals surface area contributed by atoms with Crippen molar-refractivity contribution in [2.45, 2.75) is 32.4 Å². The van der Waals surface area contributed by atoms with E-state index in [0.717, 1.165) is 6.08 Å². The van der Waals surface area contributed by atoms with Gasteiger partial charge >= 0.3 is 5.97 Å². The zero-order valence-electron chi connectivity index (χ0n) is 11.5. The number of carboxylic acid groups (broad SMARTS) is 1. The second-order valence-corrected chi connectivity index (χ2v) is 5.02. The lowest BCUT2D eigenvalue weighted by Crippen LogP contribution is -2.49. The minimum Gasteiger partial charge on any atom is -0.480 e. The Bertz CT molecular complexity index is 405. The molecule has 1 aliphatic rings. The summed E-state index contributed by atoms with van der Waals surface area (Å²) in [6.45, 7) is 7.26. The number of nitrogens with zero attached hydrogens (tertiary/aromatic N) is 2. The lowest BCUT2D eigenvalue weighted by molar-refractivity contribution is -0.151. The van der Waals surface area contributed by atoms with Crippen molar-refractivity contribution in [1.29, 1.82) is 0 Å². The average Bonchev–Trinajstić information content (AvgIpc) is 2.69. The minimum absolute atomic E-state index is 0.180. The Balaban J connectivity index is 2.88. The van der Waals surface area contributed by atoms with Crippen molar-refractivity contribution in [3.8, 4) is 0 Å². The fourth-order valence-electron chi connectivity index (χ4n) is 2.40. The highest BCUT2D eigenvalue weighted by Crippen LogP contribution is 2.22. The molecule has 0 unspecified atom stereocenters. The Morgan fingerprint density at radius 1 is 1.53 bits per heavy atom. The van der Waals surface area contributed by atoms with Gasteiger partial charge in [0.05, 0.1) is 0 Å². The maximum Gasteiger partial charge on any atom is 0.326 e. The number of likely N-dealkylation sites (N-methyl/N-ethyl adjacent to an activating group) is 1. The molecule has 6 nitrogen and oxygen atoms in total. The Hall–Kier alpha value is -1.85. The van der Waals surface area contributed by atoms with Crippen LogP contribution in [0.25, 0.3) is 0 Å². The summed E-state index contributed by atoms with van der Waals surface area (Å²) in [5.74, 6) is -1.84. The third-order valence-electron chi connectivity index (χ3n) is 3.42. The lowest BCUT2D eigenvalue weighted by Gasteiger charge is -2.28. The fraction of sp³-hybridized carbons (Fsp3) is 0.615. The molecule has 1 fully saturated rings. The summed E-state index contributed by atoms with van der Waals surface area (Å²) in [5, 5.41) is 9.21. The molecular weight excluding hydrogens is 248 g/mol. The number of rotatable bonds is 5. The van der Waals surface area contributed by atoms with Crippen molar-refractivity contribution in [2.75, 3.05) is 13.6 Å². The third kappa shape index (κ3) is 2.94. The minimum atomic E-state index is -1.01. The summed E-state index contributed by atoms with van der Waals surface area (Å²) >= 11 is 0. The molecule has 0 saturated carbocycles. The van der Waals surface area contributed by atoms with Gasteiger partial charge in [-0.3, -0.25) is 9.59 Å². The monoisotopic (exact) mass is 268 g/mol. The predicted molar refractivity (Wildman–Crippen MR) is 69.3 cm³/mol. The molecule has 19 heavy (non-hydrogen) atoms. The highest BCUT2D eigenvalue weighted by molar-refractivity contribution is 5.94. The third-order valence-corrected chi connectivity index (χ3v) is 3.42. The summed E-state index contributed by atoms with van der Waals surface area (Å²) < 4.78 is 0. The van der Waals surface area contributed by atoms with Crippen LogP contribution in [-0.4, -0.2) is 58.4 Å². The molecule has 1 saturated heterocycles. The van der Waals surface area contributed by atoms with Crippen molar-refractivity contribution in [3.05, 3.63) is 12.7 Å². The van der Waals surface area contributed by atoms with Crippen LogP contribution in [0.3, 0.4) is 0 Å². The van der Waals surface area contributed by atoms with Gasteiger partial charge in [-0.05, 0) is 18.4 Å². The maximum atomic E-state index is 12.3. The Morgan fingerprint density at radius 3 is 2.53 bits per heavy atom. The van der Waals surface area contributed by atoms with Gasteiger partial charge in [0.15, 0.2) is 0 Å². The van der Waals surface area contributed by atoms with Gasteiger partial charge in [-0.15, -0.1) is 0 Å². The molecule has 106 valence electrons. The molecule has 0 radical (unpaired) electrons. The Labute approximate surface area is 112 Å². The van der Waals surface area contributed by atoms with Crippen LogP contribution < -0.4 is 0 Å². The topological polar surface area (TPSA) is 77.9 Å². The molecule has 0 aromatic rings. The van der Waals surface area contributed by atoms with Gasteiger partial charge in [0.1, 0.15) is 12.1 Å². The molecule has 0 bridgehead atoms. The highest BCUT2D eigenvalue weighted by Gasteiger charge is 2.42. The molecule has 1 rings (SSSR count). The number of hydrogen-bond donors (Lipinski definition) is 1. The van der Waals surface area contributed by atoms with Crippen molar-refractivity contribution >= 4 is 17.8 Å². The van der Waals surface area contributed by atoms with Crippen LogP contribution in [-0.2, 0) is 14.4 Å². The average molecular weight is 268 g/mol. The lowest BCUT2D eigenvalue weighted by atomic mass is 10.0. The van der Waals surface area contributed by atoms with Gasteiger partial charge in [-0.1, -0.05) is 20.4 Å². The van der Waals surface area contributed by atoms with Crippen LogP contribution in [0.1, 0.15) is 20.3 Å². The number of amides is 2. The first-order valence-electron chi connectivity index (χ1n) is 6.23. The normalized spacial score (nSPS) is 20.5. The van der Waals surface area contributed by atoms with Crippen molar-refractivity contribution in [1.82, 2.24) is 9.80 Å². The molecule has 2 atom stereocenters. The van der Waals surface area contributed by atoms with Crippen LogP contribution >= 0.6 is 0 Å². The second kappa shape index (κ2) is 5.86. The Morgan fingerprint density at radius 2 is 2.11 bits per heavy atom. The number of carbonyl (C=O) groups excluding carboxylic acids is 2. The van der Waals surface area contributed by atoms with E-state index in [1.54, 1.807) is 13.8 Å². The van der Waals surface area contributed by atoms with Crippen LogP contribution in [0.15, 0.2) is 12.7 Å². The van der Waals surface area contributed by atoms with Crippen LogP contribution in [0, 0.1) is 5.92 Å².